The molecule has 142 valence electrons. The van der Waals surface area contributed by atoms with Gasteiger partial charge in [0.05, 0.1) is 30.9 Å². The van der Waals surface area contributed by atoms with E-state index in [2.05, 4.69) is 4.98 Å². The molecule has 1 atom stereocenters. The fraction of sp³-hybridized carbons (Fsp3) is 0.250. The van der Waals surface area contributed by atoms with E-state index in [1.165, 1.54) is 17.4 Å². The van der Waals surface area contributed by atoms with Crippen molar-refractivity contribution in [2.24, 2.45) is 0 Å². The van der Waals surface area contributed by atoms with E-state index in [-0.39, 0.29) is 11.6 Å². The summed E-state index contributed by atoms with van der Waals surface area (Å²) in [7, 11) is 0.370. The van der Waals surface area contributed by atoms with Crippen molar-refractivity contribution in [3.63, 3.8) is 0 Å². The van der Waals surface area contributed by atoms with Gasteiger partial charge in [0, 0.05) is 27.3 Å². The zero-order valence-electron chi connectivity index (χ0n) is 15.1. The van der Waals surface area contributed by atoms with E-state index >= 15 is 0 Å². The van der Waals surface area contributed by atoms with Crippen molar-refractivity contribution < 1.29 is 18.1 Å². The van der Waals surface area contributed by atoms with Gasteiger partial charge in [0.1, 0.15) is 10.8 Å². The molecule has 0 bridgehead atoms. The molecule has 0 saturated carbocycles. The van der Waals surface area contributed by atoms with Crippen LogP contribution in [0, 0.1) is 5.82 Å². The number of methoxy groups -OCH3 is 1. The van der Waals surface area contributed by atoms with E-state index in [4.69, 9.17) is 9.47 Å². The van der Waals surface area contributed by atoms with Crippen LogP contribution in [0.3, 0.4) is 0 Å². The molecule has 0 spiro atoms. The summed E-state index contributed by atoms with van der Waals surface area (Å²) in [4.78, 5) is 4.57. The van der Waals surface area contributed by atoms with Crippen molar-refractivity contribution in [3.8, 4) is 22.1 Å². The minimum atomic E-state index is -1.23. The summed E-state index contributed by atoms with van der Waals surface area (Å²) in [6.07, 6.45) is 0. The van der Waals surface area contributed by atoms with Crippen molar-refractivity contribution in [3.05, 3.63) is 64.9 Å². The number of rotatable bonds is 8. The minimum Gasteiger partial charge on any atom is -0.493 e. The highest BCUT2D eigenvalue weighted by Gasteiger charge is 2.13. The molecule has 0 aliphatic heterocycles. The Morgan fingerprint density at radius 1 is 1.15 bits per heavy atom. The monoisotopic (exact) mass is 405 g/mol. The summed E-state index contributed by atoms with van der Waals surface area (Å²) >= 11 is 1.48. The third-order valence-electron chi connectivity index (χ3n) is 3.85. The molecule has 1 heterocycles. The van der Waals surface area contributed by atoms with Gasteiger partial charge in [-0.15, -0.1) is 11.3 Å². The maximum atomic E-state index is 13.7. The molecule has 0 radical (unpaired) electrons. The average molecular weight is 406 g/mol. The van der Waals surface area contributed by atoms with Gasteiger partial charge in [-0.3, -0.25) is 4.21 Å². The zero-order valence-corrected chi connectivity index (χ0v) is 16.7. The lowest BCUT2D eigenvalue weighted by Gasteiger charge is -2.09. The molecule has 3 rings (SSSR count). The Balaban J connectivity index is 1.71. The van der Waals surface area contributed by atoms with Gasteiger partial charge in [-0.1, -0.05) is 18.2 Å². The number of hydrogen-bond donors (Lipinski definition) is 0. The first kappa shape index (κ1) is 19.5. The molecular weight excluding hydrogens is 385 g/mol. The van der Waals surface area contributed by atoms with E-state index in [0.29, 0.717) is 29.4 Å². The largest absolute Gasteiger partial charge is 0.493 e. The fourth-order valence-electron chi connectivity index (χ4n) is 2.59. The molecule has 0 amide bonds. The van der Waals surface area contributed by atoms with E-state index in [9.17, 15) is 8.60 Å². The van der Waals surface area contributed by atoms with Crippen LogP contribution in [0.2, 0.25) is 0 Å². The van der Waals surface area contributed by atoms with Crippen LogP contribution in [-0.2, 0) is 22.3 Å². The van der Waals surface area contributed by atoms with Crippen LogP contribution in [0.25, 0.3) is 10.6 Å². The first-order valence-corrected chi connectivity index (χ1v) is 10.8. The minimum absolute atomic E-state index is 0.177. The topological polar surface area (TPSA) is 48.4 Å². The predicted molar refractivity (Wildman–Crippen MR) is 107 cm³/mol. The molecule has 2 aromatic carbocycles. The normalized spacial score (nSPS) is 12.0. The Bertz CT molecular complexity index is 942. The van der Waals surface area contributed by atoms with Gasteiger partial charge in [-0.2, -0.15) is 0 Å². The molecule has 1 unspecified atom stereocenters. The molecule has 0 N–H and O–H groups in total. The number of hydrogen-bond acceptors (Lipinski definition) is 5. The number of nitrogens with zero attached hydrogens (tertiary/aromatic N) is 1. The van der Waals surface area contributed by atoms with Crippen LogP contribution in [0.15, 0.2) is 47.8 Å². The van der Waals surface area contributed by atoms with Gasteiger partial charge >= 0.3 is 0 Å². The summed E-state index contributed by atoms with van der Waals surface area (Å²) in [5.41, 5.74) is 2.10. The molecule has 0 aliphatic carbocycles. The Kier molecular flexibility index (Phi) is 6.58. The van der Waals surface area contributed by atoms with Gasteiger partial charge in [0.15, 0.2) is 11.5 Å². The lowest BCUT2D eigenvalue weighted by atomic mass is 10.2. The van der Waals surface area contributed by atoms with Gasteiger partial charge in [-0.05, 0) is 31.2 Å². The van der Waals surface area contributed by atoms with Crippen molar-refractivity contribution in [2.75, 3.05) is 13.7 Å². The lowest BCUT2D eigenvalue weighted by Crippen LogP contribution is -2.01. The summed E-state index contributed by atoms with van der Waals surface area (Å²) in [5, 5.41) is 2.70. The lowest BCUT2D eigenvalue weighted by molar-refractivity contribution is 0.311. The fourth-order valence-corrected chi connectivity index (χ4v) is 4.67. The Hall–Kier alpha value is -2.25. The standard InChI is InChI=1S/C20H20FNO3S2/c1-3-25-18-9-8-14(10-19(18)24-2)20-22-16(11-26-20)13-27(23)12-15-6-4-5-7-17(15)21/h4-11H,3,12-13H2,1-2H3. The quantitative estimate of drug-likeness (QED) is 0.540. The van der Waals surface area contributed by atoms with Crippen LogP contribution in [-0.4, -0.2) is 22.9 Å². The van der Waals surface area contributed by atoms with Gasteiger partial charge in [0.25, 0.3) is 0 Å². The van der Waals surface area contributed by atoms with Crippen molar-refractivity contribution in [2.45, 2.75) is 18.4 Å². The summed E-state index contributed by atoms with van der Waals surface area (Å²) in [6.45, 7) is 2.48. The molecule has 3 aromatic rings. The highest BCUT2D eigenvalue weighted by molar-refractivity contribution is 7.83. The zero-order chi connectivity index (χ0) is 19.2. The second-order valence-electron chi connectivity index (χ2n) is 5.76. The van der Waals surface area contributed by atoms with Crippen LogP contribution in [0.5, 0.6) is 11.5 Å². The Labute approximate surface area is 164 Å². The third kappa shape index (κ3) is 4.93. The molecular formula is C20H20FNO3S2. The van der Waals surface area contributed by atoms with Crippen molar-refractivity contribution in [1.29, 1.82) is 0 Å². The first-order chi connectivity index (χ1) is 13.1. The van der Waals surface area contributed by atoms with Crippen LogP contribution in [0.4, 0.5) is 4.39 Å². The number of ether oxygens (including phenoxy) is 2. The SMILES string of the molecule is CCOc1ccc(-c2nc(CS(=O)Cc3ccccc3F)cs2)cc1OC. The highest BCUT2D eigenvalue weighted by atomic mass is 32.2. The number of benzene rings is 2. The van der Waals surface area contributed by atoms with Crippen molar-refractivity contribution in [1.82, 2.24) is 4.98 Å². The van der Waals surface area contributed by atoms with Crippen LogP contribution >= 0.6 is 11.3 Å². The number of thiazole rings is 1. The molecule has 0 saturated heterocycles. The van der Waals surface area contributed by atoms with Gasteiger partial charge < -0.3 is 9.47 Å². The van der Waals surface area contributed by atoms with Gasteiger partial charge in [0.2, 0.25) is 0 Å². The van der Waals surface area contributed by atoms with Gasteiger partial charge in [-0.25, -0.2) is 9.37 Å². The third-order valence-corrected chi connectivity index (χ3v) is 6.04. The van der Waals surface area contributed by atoms with E-state index in [0.717, 1.165) is 16.3 Å². The molecule has 0 aliphatic rings. The van der Waals surface area contributed by atoms with Crippen LogP contribution in [0.1, 0.15) is 18.2 Å². The predicted octanol–water partition coefficient (Wildman–Crippen LogP) is 4.81. The number of halogens is 1. The molecule has 0 fully saturated rings. The summed E-state index contributed by atoms with van der Waals surface area (Å²) in [6, 6.07) is 12.1. The van der Waals surface area contributed by atoms with E-state index in [1.54, 1.807) is 25.3 Å². The molecule has 27 heavy (non-hydrogen) atoms. The highest BCUT2D eigenvalue weighted by Crippen LogP contribution is 2.34. The average Bonchev–Trinajstić information content (AvgIpc) is 3.12. The smallest absolute Gasteiger partial charge is 0.161 e. The van der Waals surface area contributed by atoms with E-state index in [1.807, 2.05) is 30.5 Å². The molecule has 1 aromatic heterocycles. The Morgan fingerprint density at radius 2 is 1.96 bits per heavy atom. The summed E-state index contributed by atoms with van der Waals surface area (Å²) in [5.74, 6) is 1.47. The number of aromatic nitrogens is 1. The maximum Gasteiger partial charge on any atom is 0.161 e. The molecule has 7 heteroatoms. The van der Waals surface area contributed by atoms with E-state index < -0.39 is 10.8 Å². The van der Waals surface area contributed by atoms with Crippen LogP contribution < -0.4 is 9.47 Å². The second kappa shape index (κ2) is 9.10. The molecule has 4 nitrogen and oxygen atoms in total. The summed E-state index contributed by atoms with van der Waals surface area (Å²) < 4.78 is 37.0. The maximum absolute atomic E-state index is 13.7. The Morgan fingerprint density at radius 3 is 2.70 bits per heavy atom. The second-order valence-corrected chi connectivity index (χ2v) is 8.08. The van der Waals surface area contributed by atoms with Crippen molar-refractivity contribution >= 4 is 22.1 Å². The first-order valence-electron chi connectivity index (χ1n) is 8.44.